The summed E-state index contributed by atoms with van der Waals surface area (Å²) >= 11 is 0. The van der Waals surface area contributed by atoms with Crippen molar-refractivity contribution in [2.75, 3.05) is 27.7 Å². The van der Waals surface area contributed by atoms with Crippen LogP contribution in [-0.4, -0.2) is 49.1 Å². The van der Waals surface area contributed by atoms with E-state index >= 15 is 0 Å². The van der Waals surface area contributed by atoms with Gasteiger partial charge in [-0.1, -0.05) is 24.3 Å². The van der Waals surface area contributed by atoms with Crippen molar-refractivity contribution in [3.05, 3.63) is 65.5 Å². The number of ether oxygens (including phenoxy) is 1. The van der Waals surface area contributed by atoms with Crippen LogP contribution in [0.5, 0.6) is 5.75 Å². The quantitative estimate of drug-likeness (QED) is 0.805. The van der Waals surface area contributed by atoms with Gasteiger partial charge in [-0.25, -0.2) is 9.18 Å². The molecular weight excluding hydrogens is 381 g/mol. The molecule has 5 nitrogen and oxygen atoms in total. The van der Waals surface area contributed by atoms with Crippen LogP contribution in [0.15, 0.2) is 48.5 Å². The first-order chi connectivity index (χ1) is 14.4. The first-order valence-corrected chi connectivity index (χ1v) is 10.5. The van der Waals surface area contributed by atoms with Crippen LogP contribution in [0.1, 0.15) is 36.8 Å². The number of nitrogens with zero attached hydrogens (tertiary/aromatic N) is 2. The summed E-state index contributed by atoms with van der Waals surface area (Å²) in [5.41, 5.74) is 1.68. The van der Waals surface area contributed by atoms with Crippen molar-refractivity contribution in [2.24, 2.45) is 0 Å². The number of methoxy groups -OCH3 is 1. The van der Waals surface area contributed by atoms with Crippen LogP contribution in [0, 0.1) is 5.82 Å². The Labute approximate surface area is 177 Å². The molecule has 1 aliphatic heterocycles. The van der Waals surface area contributed by atoms with E-state index in [4.69, 9.17) is 4.74 Å². The molecule has 0 bridgehead atoms. The Morgan fingerprint density at radius 3 is 2.40 bits per heavy atom. The number of halogens is 1. The fourth-order valence-electron chi connectivity index (χ4n) is 5.06. The largest absolute Gasteiger partial charge is 0.497 e. The van der Waals surface area contributed by atoms with Gasteiger partial charge in [-0.05, 0) is 75.2 Å². The highest BCUT2D eigenvalue weighted by Crippen LogP contribution is 2.46. The summed E-state index contributed by atoms with van der Waals surface area (Å²) in [6.07, 6.45) is 3.49. The Balaban J connectivity index is 1.47. The Morgan fingerprint density at radius 1 is 1.10 bits per heavy atom. The predicted molar refractivity (Wildman–Crippen MR) is 115 cm³/mol. The van der Waals surface area contributed by atoms with Gasteiger partial charge >= 0.3 is 6.03 Å². The number of urea groups is 1. The molecule has 2 amide bonds. The Hall–Kier alpha value is -2.60. The molecule has 1 saturated carbocycles. The third-order valence-electron chi connectivity index (χ3n) is 6.94. The van der Waals surface area contributed by atoms with E-state index < -0.39 is 0 Å². The SMILES string of the molecule is COc1ccc(CN2C[C@]3(CC[C@](c4cccc(F)c4)(N(C)C)CC3)NC2=O)cc1. The summed E-state index contributed by atoms with van der Waals surface area (Å²) in [6.45, 7) is 1.28. The molecule has 1 saturated heterocycles. The maximum atomic E-state index is 13.9. The minimum Gasteiger partial charge on any atom is -0.497 e. The van der Waals surface area contributed by atoms with Gasteiger partial charge in [0.25, 0.3) is 0 Å². The molecule has 2 aromatic rings. The summed E-state index contributed by atoms with van der Waals surface area (Å²) in [4.78, 5) is 16.8. The second-order valence-electron chi connectivity index (χ2n) is 8.85. The smallest absolute Gasteiger partial charge is 0.318 e. The molecule has 2 aromatic carbocycles. The Morgan fingerprint density at radius 2 is 1.80 bits per heavy atom. The van der Waals surface area contributed by atoms with Crippen molar-refractivity contribution in [1.29, 1.82) is 0 Å². The van der Waals surface area contributed by atoms with Gasteiger partial charge in [0.1, 0.15) is 11.6 Å². The van der Waals surface area contributed by atoms with Gasteiger partial charge in [-0.3, -0.25) is 4.90 Å². The zero-order valence-corrected chi connectivity index (χ0v) is 18.0. The molecule has 0 radical (unpaired) electrons. The summed E-state index contributed by atoms with van der Waals surface area (Å²) in [6, 6.07) is 14.8. The number of nitrogens with one attached hydrogen (secondary N) is 1. The summed E-state index contributed by atoms with van der Waals surface area (Å²) < 4.78 is 19.1. The molecule has 1 N–H and O–H groups in total. The molecule has 0 aromatic heterocycles. The third kappa shape index (κ3) is 3.76. The predicted octanol–water partition coefficient (Wildman–Crippen LogP) is 4.13. The zero-order chi connectivity index (χ0) is 21.4. The van der Waals surface area contributed by atoms with Crippen molar-refractivity contribution in [3.8, 4) is 5.75 Å². The van der Waals surface area contributed by atoms with Crippen LogP contribution in [0.25, 0.3) is 0 Å². The lowest BCUT2D eigenvalue weighted by Gasteiger charge is -2.48. The highest BCUT2D eigenvalue weighted by molar-refractivity contribution is 5.78. The van der Waals surface area contributed by atoms with E-state index in [1.807, 2.05) is 35.2 Å². The fraction of sp³-hybridized carbons (Fsp3) is 0.458. The third-order valence-corrected chi connectivity index (χ3v) is 6.94. The van der Waals surface area contributed by atoms with Crippen molar-refractivity contribution < 1.29 is 13.9 Å². The highest BCUT2D eigenvalue weighted by Gasteiger charge is 2.50. The minimum absolute atomic E-state index is 0.00562. The molecule has 1 aliphatic carbocycles. The molecule has 1 heterocycles. The van der Waals surface area contributed by atoms with E-state index in [1.165, 1.54) is 6.07 Å². The molecule has 160 valence electrons. The number of amides is 2. The maximum absolute atomic E-state index is 13.9. The second-order valence-corrected chi connectivity index (χ2v) is 8.85. The van der Waals surface area contributed by atoms with Crippen molar-refractivity contribution in [3.63, 3.8) is 0 Å². The molecule has 2 aliphatic rings. The molecule has 30 heavy (non-hydrogen) atoms. The van der Waals surface area contributed by atoms with Gasteiger partial charge in [0.15, 0.2) is 0 Å². The minimum atomic E-state index is -0.212. The normalized spacial score (nSPS) is 26.3. The Kier molecular flexibility index (Phi) is 5.45. The standard InChI is InChI=1S/C24H30FN3O2/c1-27(2)24(19-5-4-6-20(25)15-19)13-11-23(12-14-24)17-28(22(29)26-23)16-18-7-9-21(30-3)10-8-18/h4-10,15H,11-14,16-17H2,1-3H3,(H,26,29)/t23-,24+. The van der Waals surface area contributed by atoms with E-state index in [9.17, 15) is 9.18 Å². The van der Waals surface area contributed by atoms with Crippen LogP contribution < -0.4 is 10.1 Å². The zero-order valence-electron chi connectivity index (χ0n) is 18.0. The van der Waals surface area contributed by atoms with Gasteiger partial charge in [-0.15, -0.1) is 0 Å². The molecule has 0 atom stereocenters. The molecule has 1 spiro atoms. The highest BCUT2D eigenvalue weighted by atomic mass is 19.1. The second kappa shape index (κ2) is 7.91. The average molecular weight is 412 g/mol. The van der Waals surface area contributed by atoms with Crippen molar-refractivity contribution in [1.82, 2.24) is 15.1 Å². The average Bonchev–Trinajstić information content (AvgIpc) is 3.04. The number of carbonyl (C=O) groups is 1. The number of carbonyl (C=O) groups excluding carboxylic acids is 1. The molecular formula is C24H30FN3O2. The summed E-state index contributed by atoms with van der Waals surface area (Å²) in [7, 11) is 5.77. The first kappa shape index (κ1) is 20.7. The molecule has 0 unspecified atom stereocenters. The number of rotatable bonds is 5. The monoisotopic (exact) mass is 411 g/mol. The fourth-order valence-corrected chi connectivity index (χ4v) is 5.06. The molecule has 6 heteroatoms. The van der Waals surface area contributed by atoms with E-state index in [2.05, 4.69) is 24.3 Å². The molecule has 2 fully saturated rings. The van der Waals surface area contributed by atoms with Gasteiger partial charge in [-0.2, -0.15) is 0 Å². The van der Waals surface area contributed by atoms with Gasteiger partial charge in [0, 0.05) is 18.6 Å². The van der Waals surface area contributed by atoms with Crippen molar-refractivity contribution >= 4 is 6.03 Å². The van der Waals surface area contributed by atoms with E-state index in [0.717, 1.165) is 42.6 Å². The summed E-state index contributed by atoms with van der Waals surface area (Å²) in [5, 5.41) is 3.27. The number of hydrogen-bond acceptors (Lipinski definition) is 3. The van der Waals surface area contributed by atoms with E-state index in [0.29, 0.717) is 13.1 Å². The van der Waals surface area contributed by atoms with Gasteiger partial charge in [0.05, 0.1) is 12.6 Å². The lowest BCUT2D eigenvalue weighted by molar-refractivity contribution is 0.0615. The van der Waals surface area contributed by atoms with Crippen LogP contribution >= 0.6 is 0 Å². The first-order valence-electron chi connectivity index (χ1n) is 10.5. The number of hydrogen-bond donors (Lipinski definition) is 1. The van der Waals surface area contributed by atoms with Gasteiger partial charge in [0.2, 0.25) is 0 Å². The Bertz CT molecular complexity index is 905. The van der Waals surface area contributed by atoms with Crippen LogP contribution in [0.4, 0.5) is 9.18 Å². The van der Waals surface area contributed by atoms with Crippen LogP contribution in [0.2, 0.25) is 0 Å². The van der Waals surface area contributed by atoms with E-state index in [1.54, 1.807) is 19.2 Å². The van der Waals surface area contributed by atoms with Crippen LogP contribution in [-0.2, 0) is 12.1 Å². The lowest BCUT2D eigenvalue weighted by atomic mass is 9.69. The topological polar surface area (TPSA) is 44.8 Å². The maximum Gasteiger partial charge on any atom is 0.318 e. The number of benzene rings is 2. The van der Waals surface area contributed by atoms with E-state index in [-0.39, 0.29) is 22.9 Å². The molecule has 4 rings (SSSR count). The van der Waals surface area contributed by atoms with Crippen molar-refractivity contribution in [2.45, 2.75) is 43.3 Å². The van der Waals surface area contributed by atoms with Gasteiger partial charge < -0.3 is 15.0 Å². The lowest BCUT2D eigenvalue weighted by Crippen LogP contribution is -2.54. The van der Waals surface area contributed by atoms with Crippen LogP contribution in [0.3, 0.4) is 0 Å². The summed E-state index contributed by atoms with van der Waals surface area (Å²) in [5.74, 6) is 0.611.